The average Bonchev–Trinajstić information content (AvgIpc) is 2.72. The Hall–Kier alpha value is -0.280. The molecule has 2 N–H and O–H groups in total. The molecule has 1 saturated heterocycles. The lowest BCUT2D eigenvalue weighted by Gasteiger charge is -2.23. The molecule has 1 aliphatic rings. The van der Waals surface area contributed by atoms with E-state index in [1.807, 2.05) is 18.2 Å². The molecule has 0 aliphatic carbocycles. The first-order valence-corrected chi connectivity index (χ1v) is 6.35. The van der Waals surface area contributed by atoms with Crippen LogP contribution in [0.25, 0.3) is 0 Å². The summed E-state index contributed by atoms with van der Waals surface area (Å²) >= 11 is 12.2. The van der Waals surface area contributed by atoms with Crippen molar-refractivity contribution in [2.45, 2.75) is 25.4 Å². The van der Waals surface area contributed by atoms with Crippen LogP contribution in [0.1, 0.15) is 18.4 Å². The van der Waals surface area contributed by atoms with Crippen LogP contribution in [-0.4, -0.2) is 24.0 Å². The minimum absolute atomic E-state index is 0.495. The third-order valence-electron chi connectivity index (χ3n) is 3.18. The molecule has 1 heterocycles. The largest absolute Gasteiger partial charge is 0.329 e. The van der Waals surface area contributed by atoms with E-state index in [2.05, 4.69) is 4.90 Å². The zero-order valence-corrected chi connectivity index (χ0v) is 10.6. The maximum Gasteiger partial charge on any atom is 0.0637 e. The van der Waals surface area contributed by atoms with Gasteiger partial charge in [0, 0.05) is 19.1 Å². The van der Waals surface area contributed by atoms with Gasteiger partial charge in [0.2, 0.25) is 0 Å². The summed E-state index contributed by atoms with van der Waals surface area (Å²) in [5.41, 5.74) is 6.84. The second-order valence-corrected chi connectivity index (χ2v) is 5.00. The molecular weight excluding hydrogens is 243 g/mol. The van der Waals surface area contributed by atoms with E-state index in [0.717, 1.165) is 25.2 Å². The highest BCUT2D eigenvalue weighted by molar-refractivity contribution is 6.42. The topological polar surface area (TPSA) is 29.3 Å². The van der Waals surface area contributed by atoms with E-state index in [1.165, 1.54) is 12.8 Å². The van der Waals surface area contributed by atoms with E-state index in [1.54, 1.807) is 0 Å². The molecule has 0 spiro atoms. The van der Waals surface area contributed by atoms with Crippen LogP contribution in [0.5, 0.6) is 0 Å². The summed E-state index contributed by atoms with van der Waals surface area (Å²) in [5, 5.41) is 1.30. The van der Waals surface area contributed by atoms with Crippen molar-refractivity contribution < 1.29 is 0 Å². The van der Waals surface area contributed by atoms with Crippen molar-refractivity contribution in [1.29, 1.82) is 0 Å². The van der Waals surface area contributed by atoms with Gasteiger partial charge in [-0.15, -0.1) is 0 Å². The Labute approximate surface area is 106 Å². The number of rotatable bonds is 3. The predicted octanol–water partition coefficient (Wildman–Crippen LogP) is 2.92. The van der Waals surface area contributed by atoms with Gasteiger partial charge in [-0.1, -0.05) is 35.3 Å². The lowest BCUT2D eigenvalue weighted by atomic mass is 10.2. The zero-order chi connectivity index (χ0) is 11.5. The van der Waals surface area contributed by atoms with Crippen LogP contribution < -0.4 is 5.73 Å². The van der Waals surface area contributed by atoms with Crippen LogP contribution in [-0.2, 0) is 6.54 Å². The number of hydrogen-bond donors (Lipinski definition) is 1. The smallest absolute Gasteiger partial charge is 0.0637 e. The van der Waals surface area contributed by atoms with Gasteiger partial charge in [0.25, 0.3) is 0 Å². The quantitative estimate of drug-likeness (QED) is 0.904. The Morgan fingerprint density at radius 3 is 2.94 bits per heavy atom. The van der Waals surface area contributed by atoms with E-state index in [4.69, 9.17) is 28.9 Å². The average molecular weight is 259 g/mol. The third-order valence-corrected chi connectivity index (χ3v) is 4.03. The van der Waals surface area contributed by atoms with Crippen molar-refractivity contribution in [2.75, 3.05) is 13.1 Å². The summed E-state index contributed by atoms with van der Waals surface area (Å²) in [4.78, 5) is 2.39. The second-order valence-electron chi connectivity index (χ2n) is 4.22. The second kappa shape index (κ2) is 5.37. The molecule has 0 radical (unpaired) electrons. The third kappa shape index (κ3) is 2.51. The van der Waals surface area contributed by atoms with E-state index in [-0.39, 0.29) is 0 Å². The van der Waals surface area contributed by atoms with E-state index < -0.39 is 0 Å². The zero-order valence-electron chi connectivity index (χ0n) is 9.13. The number of hydrogen-bond acceptors (Lipinski definition) is 2. The van der Waals surface area contributed by atoms with Crippen LogP contribution >= 0.6 is 23.2 Å². The molecule has 1 fully saturated rings. The first kappa shape index (κ1) is 12.2. The SMILES string of the molecule is NCC1CCCN1Cc1cccc(Cl)c1Cl. The minimum Gasteiger partial charge on any atom is -0.329 e. The van der Waals surface area contributed by atoms with Gasteiger partial charge in [-0.05, 0) is 31.0 Å². The monoisotopic (exact) mass is 258 g/mol. The summed E-state index contributed by atoms with van der Waals surface area (Å²) in [6.45, 7) is 2.67. The van der Waals surface area contributed by atoms with Crippen LogP contribution in [0.3, 0.4) is 0 Å². The van der Waals surface area contributed by atoms with Gasteiger partial charge in [-0.3, -0.25) is 4.90 Å². The van der Waals surface area contributed by atoms with Gasteiger partial charge in [-0.25, -0.2) is 0 Å². The maximum atomic E-state index is 6.17. The van der Waals surface area contributed by atoms with Crippen molar-refractivity contribution in [1.82, 2.24) is 4.90 Å². The Balaban J connectivity index is 2.11. The maximum absolute atomic E-state index is 6.17. The van der Waals surface area contributed by atoms with Crippen molar-refractivity contribution >= 4 is 23.2 Å². The van der Waals surface area contributed by atoms with Crippen molar-refractivity contribution in [3.8, 4) is 0 Å². The molecule has 2 nitrogen and oxygen atoms in total. The van der Waals surface area contributed by atoms with Crippen LogP contribution in [0.2, 0.25) is 10.0 Å². The van der Waals surface area contributed by atoms with E-state index >= 15 is 0 Å². The molecule has 0 amide bonds. The summed E-state index contributed by atoms with van der Waals surface area (Å²) in [7, 11) is 0. The van der Waals surface area contributed by atoms with Crippen molar-refractivity contribution in [3.63, 3.8) is 0 Å². The van der Waals surface area contributed by atoms with Crippen LogP contribution in [0, 0.1) is 0 Å². The highest BCUT2D eigenvalue weighted by Crippen LogP contribution is 2.28. The highest BCUT2D eigenvalue weighted by atomic mass is 35.5. The van der Waals surface area contributed by atoms with Gasteiger partial charge >= 0.3 is 0 Å². The number of nitrogens with two attached hydrogens (primary N) is 1. The molecule has 0 saturated carbocycles. The lowest BCUT2D eigenvalue weighted by Crippen LogP contribution is -2.34. The molecule has 0 bridgehead atoms. The Morgan fingerprint density at radius 1 is 1.38 bits per heavy atom. The Kier molecular flexibility index (Phi) is 4.09. The first-order chi connectivity index (χ1) is 7.72. The Bertz CT molecular complexity index is 368. The summed E-state index contributed by atoms with van der Waals surface area (Å²) in [5.74, 6) is 0. The number of nitrogens with zero attached hydrogens (tertiary/aromatic N) is 1. The van der Waals surface area contributed by atoms with Crippen LogP contribution in [0.15, 0.2) is 18.2 Å². The highest BCUT2D eigenvalue weighted by Gasteiger charge is 2.23. The molecule has 1 unspecified atom stereocenters. The van der Waals surface area contributed by atoms with E-state index in [9.17, 15) is 0 Å². The van der Waals surface area contributed by atoms with Crippen molar-refractivity contribution in [3.05, 3.63) is 33.8 Å². The molecule has 2 rings (SSSR count). The number of likely N-dealkylation sites (tertiary alicyclic amines) is 1. The van der Waals surface area contributed by atoms with Gasteiger partial charge in [0.15, 0.2) is 0 Å². The summed E-state index contributed by atoms with van der Waals surface area (Å²) < 4.78 is 0. The molecular formula is C12H16Cl2N2. The first-order valence-electron chi connectivity index (χ1n) is 5.59. The molecule has 16 heavy (non-hydrogen) atoms. The number of halogens is 2. The van der Waals surface area contributed by atoms with Crippen LogP contribution in [0.4, 0.5) is 0 Å². The summed E-state index contributed by atoms with van der Waals surface area (Å²) in [6.07, 6.45) is 2.41. The molecule has 1 aromatic carbocycles. The van der Waals surface area contributed by atoms with Gasteiger partial charge in [0.1, 0.15) is 0 Å². The fraction of sp³-hybridized carbons (Fsp3) is 0.500. The fourth-order valence-corrected chi connectivity index (χ4v) is 2.64. The Morgan fingerprint density at radius 2 is 2.19 bits per heavy atom. The van der Waals surface area contributed by atoms with E-state index in [0.29, 0.717) is 16.1 Å². The lowest BCUT2D eigenvalue weighted by molar-refractivity contribution is 0.250. The summed E-state index contributed by atoms with van der Waals surface area (Å²) in [6, 6.07) is 6.28. The van der Waals surface area contributed by atoms with Gasteiger partial charge in [0.05, 0.1) is 10.0 Å². The predicted molar refractivity (Wildman–Crippen MR) is 68.9 cm³/mol. The van der Waals surface area contributed by atoms with Crippen molar-refractivity contribution in [2.24, 2.45) is 5.73 Å². The standard InChI is InChI=1S/C12H16Cl2N2/c13-11-5-1-3-9(12(11)14)8-16-6-2-4-10(16)7-15/h1,3,5,10H,2,4,6-8,15H2. The molecule has 88 valence electrons. The number of benzene rings is 1. The molecule has 4 heteroatoms. The molecule has 1 aromatic rings. The van der Waals surface area contributed by atoms with Gasteiger partial charge in [-0.2, -0.15) is 0 Å². The molecule has 1 atom stereocenters. The molecule has 1 aliphatic heterocycles. The minimum atomic E-state index is 0.495. The normalized spacial score (nSPS) is 21.6. The van der Waals surface area contributed by atoms with Gasteiger partial charge < -0.3 is 5.73 Å². The fourth-order valence-electron chi connectivity index (χ4n) is 2.26. The molecule has 0 aromatic heterocycles.